The number of aromatic nitrogens is 2. The van der Waals surface area contributed by atoms with Crippen LogP contribution in [0.2, 0.25) is 0 Å². The van der Waals surface area contributed by atoms with Gasteiger partial charge in [-0.1, -0.05) is 12.1 Å². The lowest BCUT2D eigenvalue weighted by molar-refractivity contribution is 0.413. The molecule has 3 aromatic rings. The van der Waals surface area contributed by atoms with Gasteiger partial charge in [-0.2, -0.15) is 5.26 Å². The fourth-order valence-corrected chi connectivity index (χ4v) is 3.51. The molecule has 0 radical (unpaired) electrons. The van der Waals surface area contributed by atoms with E-state index in [4.69, 9.17) is 5.26 Å². The van der Waals surface area contributed by atoms with Crippen LogP contribution in [0.5, 0.6) is 0 Å². The number of piperidine rings is 1. The number of hydrogen-bond acceptors (Lipinski definition) is 4. The van der Waals surface area contributed by atoms with Gasteiger partial charge in [-0.05, 0) is 42.7 Å². The second-order valence-electron chi connectivity index (χ2n) is 6.52. The van der Waals surface area contributed by atoms with Gasteiger partial charge in [0.05, 0.1) is 5.56 Å². The molecule has 0 spiro atoms. The largest absolute Gasteiger partial charge is 0.361 e. The van der Waals surface area contributed by atoms with E-state index in [-0.39, 0.29) is 0 Å². The van der Waals surface area contributed by atoms with E-state index in [9.17, 15) is 0 Å². The molecule has 5 heteroatoms. The third-order valence-electron chi connectivity index (χ3n) is 4.96. The van der Waals surface area contributed by atoms with Crippen molar-refractivity contribution in [1.82, 2.24) is 15.3 Å². The Kier molecular flexibility index (Phi) is 4.36. The Morgan fingerprint density at radius 3 is 2.84 bits per heavy atom. The van der Waals surface area contributed by atoms with E-state index in [1.807, 2.05) is 18.3 Å². The molecule has 2 N–H and O–H groups in total. The molecule has 0 bridgehead atoms. The van der Waals surface area contributed by atoms with Crippen LogP contribution in [0.3, 0.4) is 0 Å². The number of pyridine rings is 1. The average molecular weight is 331 g/mol. The van der Waals surface area contributed by atoms with Crippen molar-refractivity contribution in [3.8, 4) is 6.07 Å². The Morgan fingerprint density at radius 1 is 1.20 bits per heavy atom. The summed E-state index contributed by atoms with van der Waals surface area (Å²) < 4.78 is 0. The first-order chi connectivity index (χ1) is 12.3. The lowest BCUT2D eigenvalue weighted by Gasteiger charge is -2.33. The number of aromatic amines is 1. The van der Waals surface area contributed by atoms with Crippen LogP contribution in [0.25, 0.3) is 10.9 Å². The van der Waals surface area contributed by atoms with Crippen LogP contribution in [0.15, 0.2) is 48.8 Å². The van der Waals surface area contributed by atoms with Gasteiger partial charge in [-0.15, -0.1) is 0 Å². The van der Waals surface area contributed by atoms with Gasteiger partial charge >= 0.3 is 0 Å². The SMILES string of the molecule is N#Cc1ccc(N2CCC(NCc3cccc4[nH]ccc34)CC2)nc1. The Labute approximate surface area is 147 Å². The number of nitrogens with zero attached hydrogens (tertiary/aromatic N) is 3. The number of anilines is 1. The molecule has 1 fully saturated rings. The summed E-state index contributed by atoms with van der Waals surface area (Å²) in [5.74, 6) is 0.967. The summed E-state index contributed by atoms with van der Waals surface area (Å²) in [4.78, 5) is 9.97. The molecular weight excluding hydrogens is 310 g/mol. The lowest BCUT2D eigenvalue weighted by Crippen LogP contribution is -2.42. The summed E-state index contributed by atoms with van der Waals surface area (Å²) in [6, 6.07) is 15.0. The number of nitrogens with one attached hydrogen (secondary N) is 2. The first-order valence-corrected chi connectivity index (χ1v) is 8.73. The van der Waals surface area contributed by atoms with E-state index in [1.54, 1.807) is 6.20 Å². The molecule has 5 nitrogen and oxygen atoms in total. The normalized spacial score (nSPS) is 15.4. The van der Waals surface area contributed by atoms with E-state index >= 15 is 0 Å². The summed E-state index contributed by atoms with van der Waals surface area (Å²) in [6.07, 6.45) is 5.85. The predicted molar refractivity (Wildman–Crippen MR) is 99.3 cm³/mol. The van der Waals surface area contributed by atoms with Gasteiger partial charge in [-0.3, -0.25) is 0 Å². The van der Waals surface area contributed by atoms with Gasteiger partial charge in [0, 0.05) is 49.0 Å². The molecule has 0 amide bonds. The van der Waals surface area contributed by atoms with Crippen molar-refractivity contribution in [3.63, 3.8) is 0 Å². The zero-order valence-electron chi connectivity index (χ0n) is 14.1. The quantitative estimate of drug-likeness (QED) is 0.770. The molecule has 1 aliphatic rings. The molecule has 3 heterocycles. The van der Waals surface area contributed by atoms with Crippen molar-refractivity contribution in [3.05, 3.63) is 59.9 Å². The highest BCUT2D eigenvalue weighted by atomic mass is 15.2. The number of benzene rings is 1. The Bertz CT molecular complexity index is 882. The average Bonchev–Trinajstić information content (AvgIpc) is 3.16. The minimum absolute atomic E-state index is 0.531. The van der Waals surface area contributed by atoms with Gasteiger partial charge in [0.15, 0.2) is 0 Å². The molecule has 25 heavy (non-hydrogen) atoms. The maximum atomic E-state index is 8.86. The highest BCUT2D eigenvalue weighted by Crippen LogP contribution is 2.20. The predicted octanol–water partition coefficient (Wildman–Crippen LogP) is 3.19. The topological polar surface area (TPSA) is 67.7 Å². The molecule has 126 valence electrons. The number of H-pyrrole nitrogens is 1. The highest BCUT2D eigenvalue weighted by Gasteiger charge is 2.20. The number of rotatable bonds is 4. The molecule has 0 aliphatic carbocycles. The molecule has 1 saturated heterocycles. The smallest absolute Gasteiger partial charge is 0.128 e. The molecule has 1 aromatic carbocycles. The van der Waals surface area contributed by atoms with Crippen LogP contribution in [-0.4, -0.2) is 29.1 Å². The van der Waals surface area contributed by atoms with Crippen molar-refractivity contribution in [2.24, 2.45) is 0 Å². The van der Waals surface area contributed by atoms with E-state index in [0.717, 1.165) is 38.3 Å². The van der Waals surface area contributed by atoms with Crippen LogP contribution in [-0.2, 0) is 6.54 Å². The molecular formula is C20H21N5. The Hall–Kier alpha value is -2.84. The fraction of sp³-hybridized carbons (Fsp3) is 0.300. The summed E-state index contributed by atoms with van der Waals surface area (Å²) in [5.41, 5.74) is 3.15. The zero-order valence-corrected chi connectivity index (χ0v) is 14.1. The zero-order chi connectivity index (χ0) is 17.1. The van der Waals surface area contributed by atoms with Crippen molar-refractivity contribution >= 4 is 16.7 Å². The Morgan fingerprint density at radius 2 is 2.08 bits per heavy atom. The lowest BCUT2D eigenvalue weighted by atomic mass is 10.0. The maximum Gasteiger partial charge on any atom is 0.128 e. The molecule has 0 unspecified atom stereocenters. The molecule has 4 rings (SSSR count). The van der Waals surface area contributed by atoms with Gasteiger partial charge in [0.1, 0.15) is 11.9 Å². The van der Waals surface area contributed by atoms with Gasteiger partial charge < -0.3 is 15.2 Å². The number of hydrogen-bond donors (Lipinski definition) is 2. The van der Waals surface area contributed by atoms with Crippen LogP contribution in [0.4, 0.5) is 5.82 Å². The molecule has 1 aliphatic heterocycles. The minimum Gasteiger partial charge on any atom is -0.361 e. The molecule has 0 atom stereocenters. The fourth-order valence-electron chi connectivity index (χ4n) is 3.51. The van der Waals surface area contributed by atoms with E-state index in [1.165, 1.54) is 16.5 Å². The van der Waals surface area contributed by atoms with Crippen LogP contribution >= 0.6 is 0 Å². The van der Waals surface area contributed by atoms with Gasteiger partial charge in [0.25, 0.3) is 0 Å². The Balaban J connectivity index is 1.33. The highest BCUT2D eigenvalue weighted by molar-refractivity contribution is 5.82. The molecule has 2 aromatic heterocycles. The van der Waals surface area contributed by atoms with E-state index in [2.05, 4.69) is 50.5 Å². The van der Waals surface area contributed by atoms with Crippen LogP contribution in [0.1, 0.15) is 24.0 Å². The van der Waals surface area contributed by atoms with E-state index in [0.29, 0.717) is 11.6 Å². The minimum atomic E-state index is 0.531. The van der Waals surface area contributed by atoms with Crippen LogP contribution in [0, 0.1) is 11.3 Å². The standard InChI is InChI=1S/C20H21N5/c21-12-15-4-5-20(24-13-15)25-10-7-17(8-11-25)23-14-16-2-1-3-19-18(16)6-9-22-19/h1-6,9,13,17,22-23H,7-8,10-11,14H2. The van der Waals surface area contributed by atoms with Crippen molar-refractivity contribution in [2.75, 3.05) is 18.0 Å². The number of fused-ring (bicyclic) bond motifs is 1. The van der Waals surface area contributed by atoms with Crippen molar-refractivity contribution in [1.29, 1.82) is 5.26 Å². The summed E-state index contributed by atoms with van der Waals surface area (Å²) in [5, 5.41) is 13.9. The third-order valence-corrected chi connectivity index (χ3v) is 4.96. The summed E-state index contributed by atoms with van der Waals surface area (Å²) >= 11 is 0. The maximum absolute atomic E-state index is 8.86. The number of nitriles is 1. The summed E-state index contributed by atoms with van der Waals surface area (Å²) in [6.45, 7) is 2.88. The first-order valence-electron chi connectivity index (χ1n) is 8.73. The summed E-state index contributed by atoms with van der Waals surface area (Å²) in [7, 11) is 0. The second-order valence-corrected chi connectivity index (χ2v) is 6.52. The monoisotopic (exact) mass is 331 g/mol. The third kappa shape index (κ3) is 3.35. The second kappa shape index (κ2) is 6.96. The van der Waals surface area contributed by atoms with Crippen molar-refractivity contribution in [2.45, 2.75) is 25.4 Å². The molecule has 0 saturated carbocycles. The van der Waals surface area contributed by atoms with Crippen molar-refractivity contribution < 1.29 is 0 Å². The van der Waals surface area contributed by atoms with E-state index < -0.39 is 0 Å². The van der Waals surface area contributed by atoms with Crippen LogP contribution < -0.4 is 10.2 Å². The van der Waals surface area contributed by atoms with Gasteiger partial charge in [0.2, 0.25) is 0 Å². The van der Waals surface area contributed by atoms with Gasteiger partial charge in [-0.25, -0.2) is 4.98 Å². The first kappa shape index (κ1) is 15.7.